The quantitative estimate of drug-likeness (QED) is 0.805. The van der Waals surface area contributed by atoms with Crippen molar-refractivity contribution in [3.05, 3.63) is 0 Å². The van der Waals surface area contributed by atoms with Gasteiger partial charge >= 0.3 is 6.09 Å². The van der Waals surface area contributed by atoms with Crippen molar-refractivity contribution in [2.75, 3.05) is 13.1 Å². The molecule has 2 aliphatic rings. The van der Waals surface area contributed by atoms with E-state index in [0.717, 1.165) is 25.9 Å². The fraction of sp³-hybridized carbons (Fsp3) is 0.941. The van der Waals surface area contributed by atoms with Crippen LogP contribution < -0.4 is 5.73 Å². The van der Waals surface area contributed by atoms with Crippen LogP contribution in [0.2, 0.25) is 0 Å². The Morgan fingerprint density at radius 1 is 1.19 bits per heavy atom. The fourth-order valence-electron chi connectivity index (χ4n) is 3.77. The molecule has 4 heteroatoms. The van der Waals surface area contributed by atoms with Crippen LogP contribution in [0.25, 0.3) is 0 Å². The van der Waals surface area contributed by atoms with Crippen LogP contribution in [0.3, 0.4) is 0 Å². The molecule has 0 unspecified atom stereocenters. The molecule has 1 spiro atoms. The lowest BCUT2D eigenvalue weighted by Crippen LogP contribution is -2.46. The van der Waals surface area contributed by atoms with Crippen LogP contribution in [0, 0.1) is 11.3 Å². The number of nitrogens with two attached hydrogens (primary N) is 1. The van der Waals surface area contributed by atoms with Gasteiger partial charge in [-0.05, 0) is 77.6 Å². The molecule has 1 aliphatic carbocycles. The van der Waals surface area contributed by atoms with E-state index in [4.69, 9.17) is 10.5 Å². The summed E-state index contributed by atoms with van der Waals surface area (Å²) in [6.07, 6.45) is 7.16. The molecule has 0 radical (unpaired) electrons. The molecule has 0 bridgehead atoms. The third-order valence-corrected chi connectivity index (χ3v) is 5.31. The van der Waals surface area contributed by atoms with E-state index in [9.17, 15) is 4.79 Å². The van der Waals surface area contributed by atoms with Crippen molar-refractivity contribution < 1.29 is 9.53 Å². The van der Waals surface area contributed by atoms with Gasteiger partial charge in [0.2, 0.25) is 0 Å². The van der Waals surface area contributed by atoms with E-state index >= 15 is 0 Å². The van der Waals surface area contributed by atoms with Crippen LogP contribution in [0.5, 0.6) is 0 Å². The summed E-state index contributed by atoms with van der Waals surface area (Å²) in [5.41, 5.74) is 6.10. The Kier molecular flexibility index (Phi) is 4.86. The molecule has 122 valence electrons. The average molecular weight is 296 g/mol. The zero-order valence-electron chi connectivity index (χ0n) is 14.2. The van der Waals surface area contributed by atoms with E-state index in [2.05, 4.69) is 6.92 Å². The standard InChI is InChI=1S/C17H32N2O2/c1-13(18)14-5-7-17(8-6-14)9-11-19(12-10-17)15(20)21-16(2,3)4/h13-14H,5-12,18H2,1-4H3/t13-/m1/s1. The van der Waals surface area contributed by atoms with Gasteiger partial charge in [0.1, 0.15) is 5.60 Å². The molecule has 0 aromatic heterocycles. The molecular formula is C17H32N2O2. The van der Waals surface area contributed by atoms with Gasteiger partial charge in [0, 0.05) is 19.1 Å². The Hall–Kier alpha value is -0.770. The number of hydrogen-bond acceptors (Lipinski definition) is 3. The number of hydrogen-bond donors (Lipinski definition) is 1. The molecule has 2 N–H and O–H groups in total. The highest BCUT2D eigenvalue weighted by molar-refractivity contribution is 5.68. The van der Waals surface area contributed by atoms with E-state index < -0.39 is 5.60 Å². The largest absolute Gasteiger partial charge is 0.444 e. The van der Waals surface area contributed by atoms with Crippen molar-refractivity contribution >= 4 is 6.09 Å². The van der Waals surface area contributed by atoms with Gasteiger partial charge in [-0.3, -0.25) is 0 Å². The number of amides is 1. The molecule has 2 fully saturated rings. The van der Waals surface area contributed by atoms with Crippen molar-refractivity contribution in [2.24, 2.45) is 17.1 Å². The number of carbonyl (C=O) groups excluding carboxylic acids is 1. The summed E-state index contributed by atoms with van der Waals surface area (Å²) in [6.45, 7) is 9.59. The van der Waals surface area contributed by atoms with Crippen molar-refractivity contribution in [3.8, 4) is 0 Å². The average Bonchev–Trinajstić information content (AvgIpc) is 2.38. The highest BCUT2D eigenvalue weighted by atomic mass is 16.6. The molecule has 1 heterocycles. The normalized spacial score (nSPS) is 24.9. The second-order valence-electron chi connectivity index (χ2n) is 8.16. The van der Waals surface area contributed by atoms with Gasteiger partial charge < -0.3 is 15.4 Å². The lowest BCUT2D eigenvalue weighted by Gasteiger charge is -2.46. The molecule has 2 rings (SSSR count). The molecule has 0 aromatic carbocycles. The van der Waals surface area contributed by atoms with Gasteiger partial charge in [-0.1, -0.05) is 0 Å². The highest BCUT2D eigenvalue weighted by Gasteiger charge is 2.40. The second kappa shape index (κ2) is 6.15. The Bertz CT molecular complexity index is 355. The van der Waals surface area contributed by atoms with E-state index in [0.29, 0.717) is 17.4 Å². The smallest absolute Gasteiger partial charge is 0.410 e. The first kappa shape index (κ1) is 16.6. The molecule has 1 aliphatic heterocycles. The van der Waals surface area contributed by atoms with Crippen molar-refractivity contribution in [3.63, 3.8) is 0 Å². The molecular weight excluding hydrogens is 264 g/mol. The Morgan fingerprint density at radius 3 is 2.14 bits per heavy atom. The van der Waals surface area contributed by atoms with Gasteiger partial charge in [0.15, 0.2) is 0 Å². The zero-order chi connectivity index (χ0) is 15.7. The third-order valence-electron chi connectivity index (χ3n) is 5.31. The van der Waals surface area contributed by atoms with E-state index in [1.807, 2.05) is 25.7 Å². The summed E-state index contributed by atoms with van der Waals surface area (Å²) in [5, 5.41) is 0. The Labute approximate surface area is 129 Å². The van der Waals surface area contributed by atoms with Crippen LogP contribution in [-0.4, -0.2) is 35.7 Å². The minimum atomic E-state index is -0.401. The van der Waals surface area contributed by atoms with E-state index in [1.165, 1.54) is 25.7 Å². The Morgan fingerprint density at radius 2 is 1.71 bits per heavy atom. The summed E-state index contributed by atoms with van der Waals surface area (Å²) >= 11 is 0. The fourth-order valence-corrected chi connectivity index (χ4v) is 3.77. The second-order valence-corrected chi connectivity index (χ2v) is 8.16. The van der Waals surface area contributed by atoms with Crippen molar-refractivity contribution in [1.29, 1.82) is 0 Å². The molecule has 1 amide bonds. The predicted molar refractivity (Wildman–Crippen MR) is 85.1 cm³/mol. The van der Waals surface area contributed by atoms with Crippen molar-refractivity contribution in [1.82, 2.24) is 4.90 Å². The maximum Gasteiger partial charge on any atom is 0.410 e. The van der Waals surface area contributed by atoms with Gasteiger partial charge in [-0.15, -0.1) is 0 Å². The van der Waals surface area contributed by atoms with Crippen molar-refractivity contribution in [2.45, 2.75) is 77.9 Å². The first-order valence-electron chi connectivity index (χ1n) is 8.44. The summed E-state index contributed by atoms with van der Waals surface area (Å²) < 4.78 is 5.47. The molecule has 0 aromatic rings. The monoisotopic (exact) mass is 296 g/mol. The SMILES string of the molecule is C[C@@H](N)C1CCC2(CC1)CCN(C(=O)OC(C)(C)C)CC2. The van der Waals surface area contributed by atoms with Gasteiger partial charge in [-0.25, -0.2) is 4.79 Å². The first-order chi connectivity index (χ1) is 9.71. The minimum Gasteiger partial charge on any atom is -0.444 e. The maximum atomic E-state index is 12.1. The maximum absolute atomic E-state index is 12.1. The van der Waals surface area contributed by atoms with Gasteiger partial charge in [-0.2, -0.15) is 0 Å². The first-order valence-corrected chi connectivity index (χ1v) is 8.44. The summed E-state index contributed by atoms with van der Waals surface area (Å²) in [7, 11) is 0. The van der Waals surface area contributed by atoms with Gasteiger partial charge in [0.25, 0.3) is 0 Å². The highest BCUT2D eigenvalue weighted by Crippen LogP contribution is 2.46. The summed E-state index contributed by atoms with van der Waals surface area (Å²) in [6, 6.07) is 0.323. The van der Waals surface area contributed by atoms with E-state index in [-0.39, 0.29) is 6.09 Å². The topological polar surface area (TPSA) is 55.6 Å². The Balaban J connectivity index is 1.82. The molecule has 1 saturated heterocycles. The zero-order valence-corrected chi connectivity index (χ0v) is 14.2. The number of rotatable bonds is 1. The lowest BCUT2D eigenvalue weighted by atomic mass is 9.64. The summed E-state index contributed by atoms with van der Waals surface area (Å²) in [5.74, 6) is 0.694. The molecule has 4 nitrogen and oxygen atoms in total. The lowest BCUT2D eigenvalue weighted by molar-refractivity contribution is 0.000802. The predicted octanol–water partition coefficient (Wildman–Crippen LogP) is 3.54. The number of piperidine rings is 1. The molecule has 1 saturated carbocycles. The van der Waals surface area contributed by atoms with Crippen LogP contribution in [0.1, 0.15) is 66.2 Å². The summed E-state index contributed by atoms with van der Waals surface area (Å²) in [4.78, 5) is 14.0. The molecule has 21 heavy (non-hydrogen) atoms. The number of ether oxygens (including phenoxy) is 1. The van der Waals surface area contributed by atoms with E-state index in [1.54, 1.807) is 0 Å². The van der Waals surface area contributed by atoms with Gasteiger partial charge in [0.05, 0.1) is 0 Å². The number of carbonyl (C=O) groups is 1. The van der Waals surface area contributed by atoms with Crippen LogP contribution in [0.15, 0.2) is 0 Å². The minimum absolute atomic E-state index is 0.151. The number of nitrogens with zero attached hydrogens (tertiary/aromatic N) is 1. The number of likely N-dealkylation sites (tertiary alicyclic amines) is 1. The molecule has 1 atom stereocenters. The van der Waals surface area contributed by atoms with Crippen LogP contribution in [-0.2, 0) is 4.74 Å². The van der Waals surface area contributed by atoms with Crippen LogP contribution >= 0.6 is 0 Å². The van der Waals surface area contributed by atoms with Crippen LogP contribution in [0.4, 0.5) is 4.79 Å². The third kappa shape index (κ3) is 4.35.